The van der Waals surface area contributed by atoms with Gasteiger partial charge in [-0.2, -0.15) is 37.9 Å². The normalized spacial score (nSPS) is 12.9. The highest BCUT2D eigenvalue weighted by atomic mass is 32.1. The number of hydrogen-bond donors (Lipinski definition) is 9. The molecule has 0 saturated carbocycles. The van der Waals surface area contributed by atoms with Crippen LogP contribution in [0.3, 0.4) is 0 Å². The molecule has 0 heterocycles. The Morgan fingerprint density at radius 2 is 1.00 bits per heavy atom. The van der Waals surface area contributed by atoms with Gasteiger partial charge in [0.15, 0.2) is 0 Å². The highest BCUT2D eigenvalue weighted by Crippen LogP contribution is 2.09. The zero-order chi connectivity index (χ0) is 36.5. The van der Waals surface area contributed by atoms with Gasteiger partial charge in [0, 0.05) is 36.8 Å². The summed E-state index contributed by atoms with van der Waals surface area (Å²) in [6.07, 6.45) is 8.39. The number of unbranched alkanes of at least 4 members (excludes halogenated alkanes) is 7. The summed E-state index contributed by atoms with van der Waals surface area (Å²) in [5.41, 5.74) is 5.63. The maximum absolute atomic E-state index is 12.5. The van der Waals surface area contributed by atoms with E-state index < -0.39 is 35.9 Å². The van der Waals surface area contributed by atoms with Crippen LogP contribution in [-0.2, 0) is 42.9 Å². The molecule has 0 saturated heterocycles. The van der Waals surface area contributed by atoms with E-state index in [0.29, 0.717) is 65.8 Å². The number of carbonyl (C=O) groups excluding carboxylic acids is 4. The van der Waals surface area contributed by atoms with Gasteiger partial charge in [-0.3, -0.25) is 24.0 Å². The molecule has 0 aromatic heterocycles. The Morgan fingerprint density at radius 3 is 1.53 bits per heavy atom. The monoisotopic (exact) mass is 757 g/mol. The highest BCUT2D eigenvalue weighted by molar-refractivity contribution is 7.80. The molecule has 3 atom stereocenters. The second kappa shape index (κ2) is 33.3. The fourth-order valence-electron chi connectivity index (χ4n) is 4.10. The standard InChI is InChI=1S/C31H59N5O10S3/c32-24(21-47)29(40)35-26(23-49)31(42)36-25(22-48)30(41)34-11-8-6-4-2-1-3-5-7-9-27(37)33-12-14-44-16-18-46-20-19-45-17-15-43-13-10-28(38)39/h24-26,47-49H,1-23,32H2,(H,33,37)(H,34,41)(H,35,40)(H,36,42)(H,38,39)/t24-,25-,26-/m0/s1. The van der Waals surface area contributed by atoms with Gasteiger partial charge < -0.3 is 51.1 Å². The number of carboxylic acid groups (broad SMARTS) is 1. The van der Waals surface area contributed by atoms with Crippen molar-refractivity contribution in [3.05, 3.63) is 0 Å². The van der Waals surface area contributed by atoms with Crippen molar-refractivity contribution in [3.63, 3.8) is 0 Å². The molecule has 0 spiro atoms. The number of thiol groups is 3. The van der Waals surface area contributed by atoms with E-state index in [-0.39, 0.29) is 42.1 Å². The van der Waals surface area contributed by atoms with Gasteiger partial charge in [-0.25, -0.2) is 0 Å². The fourth-order valence-corrected chi connectivity index (χ4v) is 4.78. The molecule has 0 aromatic rings. The largest absolute Gasteiger partial charge is 0.481 e. The van der Waals surface area contributed by atoms with Gasteiger partial charge in [0.1, 0.15) is 12.1 Å². The summed E-state index contributed by atoms with van der Waals surface area (Å²) in [5.74, 6) is -1.98. The molecule has 7 N–H and O–H groups in total. The summed E-state index contributed by atoms with van der Waals surface area (Å²) >= 11 is 12.3. The van der Waals surface area contributed by atoms with Gasteiger partial charge in [-0.1, -0.05) is 38.5 Å². The SMILES string of the molecule is N[C@@H](CS)C(=O)N[C@@H](CS)C(=O)N[C@@H](CS)C(=O)NCCCCCCCCCCC(=O)NCCOCCOCCOCCOCCC(=O)O. The first-order chi connectivity index (χ1) is 23.7. The van der Waals surface area contributed by atoms with Crippen molar-refractivity contribution in [1.82, 2.24) is 21.3 Å². The molecule has 18 heteroatoms. The number of carboxylic acids is 1. The lowest BCUT2D eigenvalue weighted by Gasteiger charge is -2.22. The Balaban J connectivity index is 3.63. The number of carbonyl (C=O) groups is 5. The van der Waals surface area contributed by atoms with E-state index in [9.17, 15) is 24.0 Å². The molecule has 49 heavy (non-hydrogen) atoms. The van der Waals surface area contributed by atoms with Gasteiger partial charge in [-0.15, -0.1) is 0 Å². The lowest BCUT2D eigenvalue weighted by molar-refractivity contribution is -0.138. The predicted molar refractivity (Wildman–Crippen MR) is 196 cm³/mol. The van der Waals surface area contributed by atoms with Gasteiger partial charge in [-0.05, 0) is 12.8 Å². The Labute approximate surface area is 307 Å². The molecule has 286 valence electrons. The van der Waals surface area contributed by atoms with Crippen LogP contribution in [0.5, 0.6) is 0 Å². The van der Waals surface area contributed by atoms with Gasteiger partial charge >= 0.3 is 5.97 Å². The molecule has 4 amide bonds. The first-order valence-corrected chi connectivity index (χ1v) is 18.8. The van der Waals surface area contributed by atoms with E-state index in [1.807, 2.05) is 0 Å². The minimum Gasteiger partial charge on any atom is -0.481 e. The average Bonchev–Trinajstić information content (AvgIpc) is 3.09. The van der Waals surface area contributed by atoms with Crippen LogP contribution in [0.15, 0.2) is 0 Å². The third kappa shape index (κ3) is 28.6. The molecule has 0 aromatic carbocycles. The third-order valence-corrected chi connectivity index (χ3v) is 8.06. The minimum absolute atomic E-state index is 0.0196. The van der Waals surface area contributed by atoms with Crippen molar-refractivity contribution < 1.29 is 48.0 Å². The zero-order valence-corrected chi connectivity index (χ0v) is 31.2. The summed E-state index contributed by atoms with van der Waals surface area (Å²) < 4.78 is 21.3. The van der Waals surface area contributed by atoms with Crippen LogP contribution < -0.4 is 27.0 Å². The Morgan fingerprint density at radius 1 is 0.531 bits per heavy atom. The van der Waals surface area contributed by atoms with Crippen molar-refractivity contribution in [2.24, 2.45) is 5.73 Å². The molecule has 0 radical (unpaired) electrons. The summed E-state index contributed by atoms with van der Waals surface area (Å²) in [6.45, 7) is 3.95. The molecule has 0 bridgehead atoms. The first-order valence-electron chi connectivity index (χ1n) is 16.9. The maximum atomic E-state index is 12.5. The first kappa shape index (κ1) is 47.2. The summed E-state index contributed by atoms with van der Waals surface area (Å²) in [6, 6.07) is -2.63. The summed E-state index contributed by atoms with van der Waals surface area (Å²) in [7, 11) is 0. The maximum Gasteiger partial charge on any atom is 0.305 e. The van der Waals surface area contributed by atoms with E-state index in [2.05, 4.69) is 59.2 Å². The molecule has 0 unspecified atom stereocenters. The lowest BCUT2D eigenvalue weighted by atomic mass is 10.1. The number of amides is 4. The van der Waals surface area contributed by atoms with Gasteiger partial charge in [0.2, 0.25) is 23.6 Å². The van der Waals surface area contributed by atoms with E-state index in [0.717, 1.165) is 51.4 Å². The quantitative estimate of drug-likeness (QED) is 0.0323. The van der Waals surface area contributed by atoms with Crippen molar-refractivity contribution in [2.75, 3.05) is 83.2 Å². The van der Waals surface area contributed by atoms with Crippen molar-refractivity contribution >= 4 is 67.5 Å². The third-order valence-electron chi connectivity index (χ3n) is 6.94. The molecule has 0 aliphatic heterocycles. The van der Waals surface area contributed by atoms with E-state index >= 15 is 0 Å². The minimum atomic E-state index is -0.936. The zero-order valence-electron chi connectivity index (χ0n) is 28.5. The number of nitrogens with one attached hydrogen (secondary N) is 4. The molecular weight excluding hydrogens is 699 g/mol. The molecule has 0 aliphatic rings. The molecule has 0 rings (SSSR count). The Kier molecular flexibility index (Phi) is 32.1. The van der Waals surface area contributed by atoms with Crippen molar-refractivity contribution in [3.8, 4) is 0 Å². The van der Waals surface area contributed by atoms with E-state index in [4.69, 9.17) is 29.8 Å². The predicted octanol–water partition coefficient (Wildman–Crippen LogP) is 0.357. The van der Waals surface area contributed by atoms with E-state index in [1.165, 1.54) is 0 Å². The van der Waals surface area contributed by atoms with E-state index in [1.54, 1.807) is 0 Å². The second-order valence-corrected chi connectivity index (χ2v) is 12.2. The Bertz CT molecular complexity index is 910. The number of nitrogens with two attached hydrogens (primary N) is 1. The smallest absolute Gasteiger partial charge is 0.305 e. The highest BCUT2D eigenvalue weighted by Gasteiger charge is 2.26. The van der Waals surface area contributed by atoms with Crippen LogP contribution in [0, 0.1) is 0 Å². The Hall–Kier alpha value is -1.80. The number of rotatable bonds is 34. The van der Waals surface area contributed by atoms with Crippen molar-refractivity contribution in [2.45, 2.75) is 82.3 Å². The topological polar surface area (TPSA) is 217 Å². The number of ether oxygens (including phenoxy) is 4. The second-order valence-electron chi connectivity index (χ2n) is 11.1. The molecule has 0 fully saturated rings. The van der Waals surface area contributed by atoms with Crippen LogP contribution in [0.4, 0.5) is 0 Å². The van der Waals surface area contributed by atoms with Crippen LogP contribution in [0.2, 0.25) is 0 Å². The molecular formula is C31H59N5O10S3. The van der Waals surface area contributed by atoms with Gasteiger partial charge in [0.25, 0.3) is 0 Å². The van der Waals surface area contributed by atoms with Crippen molar-refractivity contribution in [1.29, 1.82) is 0 Å². The molecule has 15 nitrogen and oxygen atoms in total. The molecule has 0 aliphatic carbocycles. The van der Waals surface area contributed by atoms with Crippen LogP contribution in [0.1, 0.15) is 64.2 Å². The summed E-state index contributed by atoms with van der Waals surface area (Å²) in [5, 5.41) is 19.3. The lowest BCUT2D eigenvalue weighted by Crippen LogP contribution is -2.57. The van der Waals surface area contributed by atoms with Crippen LogP contribution in [0.25, 0.3) is 0 Å². The van der Waals surface area contributed by atoms with Crippen LogP contribution >= 0.6 is 37.9 Å². The average molecular weight is 758 g/mol. The fraction of sp³-hybridized carbons (Fsp3) is 0.839. The van der Waals surface area contributed by atoms with Crippen LogP contribution in [-0.4, -0.2) is 136 Å². The van der Waals surface area contributed by atoms with Gasteiger partial charge in [0.05, 0.1) is 65.3 Å². The number of aliphatic carboxylic acids is 1. The number of hydrogen-bond acceptors (Lipinski definition) is 13. The summed E-state index contributed by atoms with van der Waals surface area (Å²) in [4.78, 5) is 59.3.